The summed E-state index contributed by atoms with van der Waals surface area (Å²) in [4.78, 5) is 0. The minimum Gasteiger partial charge on any atom is -0.324 e. The van der Waals surface area contributed by atoms with Crippen molar-refractivity contribution in [2.75, 3.05) is 0 Å². The topological polar surface area (TPSA) is 26.0 Å². The molecule has 0 aliphatic carbocycles. The summed E-state index contributed by atoms with van der Waals surface area (Å²) in [5.41, 5.74) is 5.29. The second kappa shape index (κ2) is 2.96. The average molecular weight is 157 g/mol. The van der Waals surface area contributed by atoms with Crippen molar-refractivity contribution in [3.63, 3.8) is 0 Å². The Hall–Kier alpha value is -0.960. The van der Waals surface area contributed by atoms with Crippen LogP contribution in [-0.2, 0) is 0 Å². The first-order chi connectivity index (χ1) is 5.13. The van der Waals surface area contributed by atoms with Crippen LogP contribution in [0.25, 0.3) is 0 Å². The van der Waals surface area contributed by atoms with Crippen LogP contribution in [0.1, 0.15) is 18.5 Å². The van der Waals surface area contributed by atoms with Crippen LogP contribution >= 0.6 is 0 Å². The van der Waals surface area contributed by atoms with Crippen LogP contribution in [0.3, 0.4) is 0 Å². The predicted molar refractivity (Wildman–Crippen MR) is 39.0 cm³/mol. The third-order valence-electron chi connectivity index (χ3n) is 1.46. The molecule has 0 saturated carbocycles. The average Bonchev–Trinajstić information content (AvgIpc) is 1.85. The third kappa shape index (κ3) is 1.54. The van der Waals surface area contributed by atoms with Gasteiger partial charge in [0.05, 0.1) is 0 Å². The van der Waals surface area contributed by atoms with Gasteiger partial charge in [0.25, 0.3) is 0 Å². The number of rotatable bonds is 1. The van der Waals surface area contributed by atoms with E-state index in [4.69, 9.17) is 5.73 Å². The van der Waals surface area contributed by atoms with E-state index >= 15 is 0 Å². The lowest BCUT2D eigenvalue weighted by Crippen LogP contribution is -2.09. The molecule has 0 saturated heterocycles. The smallest absolute Gasteiger partial charge is 0.130 e. The van der Waals surface area contributed by atoms with Gasteiger partial charge in [-0.1, -0.05) is 6.07 Å². The molecule has 3 heteroatoms. The third-order valence-corrected chi connectivity index (χ3v) is 1.46. The van der Waals surface area contributed by atoms with Crippen LogP contribution in [-0.4, -0.2) is 0 Å². The first kappa shape index (κ1) is 8.14. The molecule has 1 atom stereocenters. The van der Waals surface area contributed by atoms with Gasteiger partial charge in [0.2, 0.25) is 0 Å². The van der Waals surface area contributed by atoms with Crippen molar-refractivity contribution >= 4 is 0 Å². The molecule has 0 heterocycles. The van der Waals surface area contributed by atoms with Crippen LogP contribution in [0.5, 0.6) is 0 Å². The zero-order valence-electron chi connectivity index (χ0n) is 6.14. The molecule has 0 unspecified atom stereocenters. The van der Waals surface area contributed by atoms with Crippen LogP contribution in [0.2, 0.25) is 0 Å². The summed E-state index contributed by atoms with van der Waals surface area (Å²) in [5, 5.41) is 0. The summed E-state index contributed by atoms with van der Waals surface area (Å²) >= 11 is 0. The van der Waals surface area contributed by atoms with Crippen molar-refractivity contribution in [3.05, 3.63) is 35.4 Å². The molecule has 0 amide bonds. The monoisotopic (exact) mass is 157 g/mol. The van der Waals surface area contributed by atoms with Crippen LogP contribution in [0.15, 0.2) is 18.2 Å². The highest BCUT2D eigenvalue weighted by atomic mass is 19.1. The highest BCUT2D eigenvalue weighted by molar-refractivity contribution is 5.22. The molecule has 2 N–H and O–H groups in total. The summed E-state index contributed by atoms with van der Waals surface area (Å²) in [6, 6.07) is 3.11. The molecule has 0 radical (unpaired) electrons. The number of benzene rings is 1. The molecule has 0 aromatic heterocycles. The molecule has 0 fully saturated rings. The Kier molecular flexibility index (Phi) is 2.19. The molecule has 0 aliphatic rings. The van der Waals surface area contributed by atoms with Gasteiger partial charge in [0.15, 0.2) is 0 Å². The molecule has 11 heavy (non-hydrogen) atoms. The maximum atomic E-state index is 12.8. The van der Waals surface area contributed by atoms with E-state index in [1.165, 1.54) is 18.2 Å². The van der Waals surface area contributed by atoms with Gasteiger partial charge in [0.1, 0.15) is 11.6 Å². The van der Waals surface area contributed by atoms with Crippen molar-refractivity contribution in [1.82, 2.24) is 0 Å². The first-order valence-electron chi connectivity index (χ1n) is 3.32. The van der Waals surface area contributed by atoms with Crippen molar-refractivity contribution in [1.29, 1.82) is 0 Å². The largest absolute Gasteiger partial charge is 0.324 e. The van der Waals surface area contributed by atoms with E-state index in [1.807, 2.05) is 0 Å². The first-order valence-corrected chi connectivity index (χ1v) is 3.32. The van der Waals surface area contributed by atoms with E-state index in [1.54, 1.807) is 6.92 Å². The van der Waals surface area contributed by atoms with E-state index in [0.29, 0.717) is 0 Å². The Morgan fingerprint density at radius 3 is 2.00 bits per heavy atom. The van der Waals surface area contributed by atoms with Gasteiger partial charge in [-0.25, -0.2) is 8.78 Å². The highest BCUT2D eigenvalue weighted by Gasteiger charge is 2.11. The predicted octanol–water partition coefficient (Wildman–Crippen LogP) is 1.98. The van der Waals surface area contributed by atoms with Crippen LogP contribution in [0.4, 0.5) is 8.78 Å². The molecule has 0 aliphatic heterocycles. The molecule has 0 bridgehead atoms. The fourth-order valence-electron chi connectivity index (χ4n) is 0.946. The normalized spacial score (nSPS) is 13.1. The lowest BCUT2D eigenvalue weighted by atomic mass is 10.1. The van der Waals surface area contributed by atoms with Gasteiger partial charge < -0.3 is 5.73 Å². The van der Waals surface area contributed by atoms with E-state index in [-0.39, 0.29) is 5.56 Å². The SMILES string of the molecule is C[C@@H](N)c1c(F)cccc1F. The minimum atomic E-state index is -0.601. The Balaban J connectivity index is 3.21. The standard InChI is InChI=1S/C8H9F2N/c1-5(11)8-6(9)3-2-4-7(8)10/h2-5H,11H2,1H3/t5-/m1/s1. The Morgan fingerprint density at radius 1 is 1.27 bits per heavy atom. The fraction of sp³-hybridized carbons (Fsp3) is 0.250. The van der Waals surface area contributed by atoms with Crippen LogP contribution < -0.4 is 5.73 Å². The quantitative estimate of drug-likeness (QED) is 0.662. The van der Waals surface area contributed by atoms with E-state index < -0.39 is 17.7 Å². The number of hydrogen-bond donors (Lipinski definition) is 1. The lowest BCUT2D eigenvalue weighted by Gasteiger charge is -2.06. The van der Waals surface area contributed by atoms with Gasteiger partial charge >= 0.3 is 0 Å². The number of nitrogens with two attached hydrogens (primary N) is 1. The second-order valence-corrected chi connectivity index (χ2v) is 2.42. The summed E-state index contributed by atoms with van der Waals surface area (Å²) < 4.78 is 25.6. The Bertz CT molecular complexity index is 238. The second-order valence-electron chi connectivity index (χ2n) is 2.42. The van der Waals surface area contributed by atoms with E-state index in [2.05, 4.69) is 0 Å². The van der Waals surface area contributed by atoms with Crippen LogP contribution in [0, 0.1) is 11.6 Å². The van der Waals surface area contributed by atoms with Gasteiger partial charge in [-0.2, -0.15) is 0 Å². The lowest BCUT2D eigenvalue weighted by molar-refractivity contribution is 0.537. The van der Waals surface area contributed by atoms with Crippen molar-refractivity contribution in [2.45, 2.75) is 13.0 Å². The summed E-state index contributed by atoms with van der Waals surface area (Å²) in [7, 11) is 0. The number of hydrogen-bond acceptors (Lipinski definition) is 1. The zero-order valence-corrected chi connectivity index (χ0v) is 6.14. The van der Waals surface area contributed by atoms with E-state index in [9.17, 15) is 8.78 Å². The summed E-state index contributed by atoms with van der Waals surface area (Å²) in [6.07, 6.45) is 0. The highest BCUT2D eigenvalue weighted by Crippen LogP contribution is 2.17. The molecular formula is C8H9F2N. The summed E-state index contributed by atoms with van der Waals surface area (Å²) in [6.45, 7) is 1.54. The fourth-order valence-corrected chi connectivity index (χ4v) is 0.946. The Labute approximate surface area is 63.8 Å². The molecule has 60 valence electrons. The molecule has 1 nitrogen and oxygen atoms in total. The number of halogens is 2. The van der Waals surface area contributed by atoms with Gasteiger partial charge in [0, 0.05) is 11.6 Å². The zero-order chi connectivity index (χ0) is 8.43. The van der Waals surface area contributed by atoms with Gasteiger partial charge in [-0.05, 0) is 19.1 Å². The van der Waals surface area contributed by atoms with E-state index in [0.717, 1.165) is 0 Å². The van der Waals surface area contributed by atoms with Crippen molar-refractivity contribution in [3.8, 4) is 0 Å². The Morgan fingerprint density at radius 2 is 1.73 bits per heavy atom. The maximum absolute atomic E-state index is 12.8. The van der Waals surface area contributed by atoms with Gasteiger partial charge in [-0.3, -0.25) is 0 Å². The molecule has 1 rings (SSSR count). The summed E-state index contributed by atoms with van der Waals surface area (Å²) in [5.74, 6) is -1.17. The molecule has 1 aromatic carbocycles. The molecule has 1 aromatic rings. The van der Waals surface area contributed by atoms with Crippen molar-refractivity contribution < 1.29 is 8.78 Å². The minimum absolute atomic E-state index is 0.0486. The van der Waals surface area contributed by atoms with Crippen molar-refractivity contribution in [2.24, 2.45) is 5.73 Å². The molecular weight excluding hydrogens is 148 g/mol. The van der Waals surface area contributed by atoms with Gasteiger partial charge in [-0.15, -0.1) is 0 Å². The maximum Gasteiger partial charge on any atom is 0.130 e. The molecule has 0 spiro atoms.